The molecule has 156 valence electrons. The van der Waals surface area contributed by atoms with E-state index in [4.69, 9.17) is 24.5 Å². The summed E-state index contributed by atoms with van der Waals surface area (Å²) in [5, 5.41) is 0. The van der Waals surface area contributed by atoms with Gasteiger partial charge in [-0.25, -0.2) is 0 Å². The highest BCUT2D eigenvalue weighted by Crippen LogP contribution is 2.65. The number of hydrogen-bond acceptors (Lipinski definition) is 5. The van der Waals surface area contributed by atoms with Crippen molar-refractivity contribution in [2.24, 2.45) is 23.0 Å². The van der Waals surface area contributed by atoms with Gasteiger partial charge in [0, 0.05) is 12.5 Å². The summed E-state index contributed by atoms with van der Waals surface area (Å²) in [5.41, 5.74) is 7.68. The molecule has 28 heavy (non-hydrogen) atoms. The Morgan fingerprint density at radius 3 is 2.57 bits per heavy atom. The molecule has 1 heterocycles. The first-order valence-electron chi connectivity index (χ1n) is 10.1. The molecule has 4 fully saturated rings. The lowest BCUT2D eigenvalue weighted by Crippen LogP contribution is -2.65. The average Bonchev–Trinajstić information content (AvgIpc) is 3.02. The van der Waals surface area contributed by atoms with Gasteiger partial charge in [0.2, 0.25) is 0 Å². The van der Waals surface area contributed by atoms with Crippen molar-refractivity contribution >= 4 is 19.5 Å². The largest absolute Gasteiger partial charge is 0.497 e. The molecular weight excluding hydrogens is 376 g/mol. The quantitative estimate of drug-likeness (QED) is 0.550. The molecule has 2 N–H and O–H groups in total. The van der Waals surface area contributed by atoms with E-state index in [9.17, 15) is 0 Å². The summed E-state index contributed by atoms with van der Waals surface area (Å²) in [6, 6.07) is 7.92. The number of nitrogens with two attached hydrogens (primary N) is 1. The molecule has 1 saturated heterocycles. The van der Waals surface area contributed by atoms with Gasteiger partial charge in [0.15, 0.2) is 0 Å². The Bertz CT molecular complexity index is 673. The molecule has 0 radical (unpaired) electrons. The minimum Gasteiger partial charge on any atom is -0.497 e. The molecule has 5 atom stereocenters. The highest BCUT2D eigenvalue weighted by Gasteiger charge is 2.68. The van der Waals surface area contributed by atoms with Crippen LogP contribution in [0.1, 0.15) is 45.6 Å². The summed E-state index contributed by atoms with van der Waals surface area (Å²) in [5.74, 6) is 2.01. The molecule has 3 aliphatic carbocycles. The molecular formula is C21H33BClNO4. The van der Waals surface area contributed by atoms with E-state index in [0.29, 0.717) is 24.5 Å². The van der Waals surface area contributed by atoms with Crippen molar-refractivity contribution in [1.82, 2.24) is 0 Å². The van der Waals surface area contributed by atoms with Crippen LogP contribution >= 0.6 is 12.4 Å². The third kappa shape index (κ3) is 3.70. The van der Waals surface area contributed by atoms with Crippen LogP contribution < -0.4 is 10.5 Å². The summed E-state index contributed by atoms with van der Waals surface area (Å²) in [6.07, 6.45) is 3.26. The van der Waals surface area contributed by atoms with E-state index in [1.807, 2.05) is 24.3 Å². The van der Waals surface area contributed by atoms with Gasteiger partial charge in [-0.2, -0.15) is 0 Å². The molecule has 1 aromatic rings. The monoisotopic (exact) mass is 409 g/mol. The van der Waals surface area contributed by atoms with Gasteiger partial charge in [-0.1, -0.05) is 26.0 Å². The Balaban J connectivity index is 0.00000225. The molecule has 0 spiro atoms. The topological polar surface area (TPSA) is 62.9 Å². The number of methoxy groups -OCH3 is 1. The Labute approximate surface area is 175 Å². The first-order valence-corrected chi connectivity index (χ1v) is 10.1. The van der Waals surface area contributed by atoms with Crippen LogP contribution in [0.4, 0.5) is 0 Å². The molecule has 5 rings (SSSR count). The highest BCUT2D eigenvalue weighted by atomic mass is 35.5. The molecule has 7 heteroatoms. The molecule has 3 saturated carbocycles. The van der Waals surface area contributed by atoms with Gasteiger partial charge in [0.05, 0.1) is 25.4 Å². The number of ether oxygens (including phenoxy) is 2. The number of rotatable bonds is 7. The predicted octanol–water partition coefficient (Wildman–Crippen LogP) is 3.62. The van der Waals surface area contributed by atoms with Gasteiger partial charge in [-0.15, -0.1) is 12.4 Å². The lowest BCUT2D eigenvalue weighted by atomic mass is 9.43. The smallest absolute Gasteiger partial charge is 0.475 e. The number of benzene rings is 1. The maximum atomic E-state index is 6.42. The summed E-state index contributed by atoms with van der Waals surface area (Å²) in [7, 11) is 1.35. The van der Waals surface area contributed by atoms with Gasteiger partial charge in [0.25, 0.3) is 0 Å². The van der Waals surface area contributed by atoms with Crippen LogP contribution in [0.5, 0.6) is 5.75 Å². The van der Waals surface area contributed by atoms with Crippen molar-refractivity contribution in [2.75, 3.05) is 13.7 Å². The molecule has 4 aliphatic rings. The van der Waals surface area contributed by atoms with Crippen molar-refractivity contribution in [3.05, 3.63) is 29.8 Å². The summed E-state index contributed by atoms with van der Waals surface area (Å²) in [6.45, 7) is 8.14. The zero-order valence-electron chi connectivity index (χ0n) is 17.4. The Hall–Kier alpha value is -0.785. The first-order chi connectivity index (χ1) is 12.8. The minimum atomic E-state index is -0.320. The zero-order valence-corrected chi connectivity index (χ0v) is 18.2. The fourth-order valence-electron chi connectivity index (χ4n) is 5.35. The maximum Gasteiger partial charge on any atom is 0.475 e. The maximum absolute atomic E-state index is 6.42. The second-order valence-corrected chi connectivity index (χ2v) is 9.19. The van der Waals surface area contributed by atoms with Crippen LogP contribution in [0.2, 0.25) is 0 Å². The predicted molar refractivity (Wildman–Crippen MR) is 113 cm³/mol. The van der Waals surface area contributed by atoms with Crippen LogP contribution in [0, 0.1) is 17.3 Å². The van der Waals surface area contributed by atoms with Crippen molar-refractivity contribution in [3.8, 4) is 5.75 Å². The normalized spacial score (nSPS) is 33.5. The second-order valence-electron chi connectivity index (χ2n) is 9.19. The van der Waals surface area contributed by atoms with Gasteiger partial charge in [0.1, 0.15) is 5.75 Å². The SMILES string of the molecule is COc1ccc(COCC[C@H](N)B2O[C@@H]3C[C@@H]4C[C@@H](C4(C)C)[C@]3(C)O2)cc1.Cl. The Kier molecular flexibility index (Phi) is 6.38. The average molecular weight is 410 g/mol. The molecule has 2 bridgehead atoms. The van der Waals surface area contributed by atoms with Crippen molar-refractivity contribution < 1.29 is 18.8 Å². The first kappa shape index (κ1) is 21.9. The lowest BCUT2D eigenvalue weighted by Gasteiger charge is -2.64. The van der Waals surface area contributed by atoms with Gasteiger partial charge in [-0.3, -0.25) is 0 Å². The Morgan fingerprint density at radius 2 is 1.93 bits per heavy atom. The second kappa shape index (κ2) is 8.15. The molecule has 5 nitrogen and oxygen atoms in total. The van der Waals surface area contributed by atoms with E-state index in [2.05, 4.69) is 20.8 Å². The van der Waals surface area contributed by atoms with Gasteiger partial charge in [-0.05, 0) is 61.1 Å². The third-order valence-corrected chi connectivity index (χ3v) is 7.34. The fraction of sp³-hybridized carbons (Fsp3) is 0.714. The van der Waals surface area contributed by atoms with E-state index in [0.717, 1.165) is 30.1 Å². The van der Waals surface area contributed by atoms with Crippen molar-refractivity contribution in [2.45, 2.75) is 64.3 Å². The van der Waals surface area contributed by atoms with Crippen LogP contribution in [-0.2, 0) is 20.7 Å². The minimum absolute atomic E-state index is 0. The van der Waals surface area contributed by atoms with Crippen molar-refractivity contribution in [3.63, 3.8) is 0 Å². The Morgan fingerprint density at radius 1 is 1.21 bits per heavy atom. The van der Waals surface area contributed by atoms with E-state index in [1.165, 1.54) is 6.42 Å². The molecule has 1 aliphatic heterocycles. The number of halogens is 1. The summed E-state index contributed by atoms with van der Waals surface area (Å²) >= 11 is 0. The van der Waals surface area contributed by atoms with Crippen LogP contribution in [-0.4, -0.2) is 38.5 Å². The van der Waals surface area contributed by atoms with Gasteiger partial charge < -0.3 is 24.5 Å². The molecule has 0 aromatic heterocycles. The standard InChI is InChI=1S/C21H32BNO4.ClH/c1-20(2)15-11-17(20)21(3)18(12-15)26-22(27-21)19(23)9-10-25-13-14-5-7-16(24-4)8-6-14;/h5-8,15,17-19H,9-13,23H2,1-4H3;1H/t15-,17-,18+,19-,21-;/m0./s1. The lowest BCUT2D eigenvalue weighted by molar-refractivity contribution is -0.199. The van der Waals surface area contributed by atoms with E-state index >= 15 is 0 Å². The molecule has 0 unspecified atom stereocenters. The van der Waals surface area contributed by atoms with Crippen molar-refractivity contribution in [1.29, 1.82) is 0 Å². The summed E-state index contributed by atoms with van der Waals surface area (Å²) < 4.78 is 23.6. The van der Waals surface area contributed by atoms with E-state index in [-0.39, 0.29) is 37.2 Å². The molecule has 1 aromatic carbocycles. The van der Waals surface area contributed by atoms with E-state index in [1.54, 1.807) is 7.11 Å². The van der Waals surface area contributed by atoms with Crippen LogP contribution in [0.25, 0.3) is 0 Å². The zero-order chi connectivity index (χ0) is 19.2. The van der Waals surface area contributed by atoms with Crippen LogP contribution in [0.3, 0.4) is 0 Å². The van der Waals surface area contributed by atoms with Gasteiger partial charge >= 0.3 is 7.12 Å². The summed E-state index contributed by atoms with van der Waals surface area (Å²) in [4.78, 5) is 0. The van der Waals surface area contributed by atoms with Crippen LogP contribution in [0.15, 0.2) is 24.3 Å². The third-order valence-electron chi connectivity index (χ3n) is 7.34. The molecule has 0 amide bonds. The highest BCUT2D eigenvalue weighted by molar-refractivity contribution is 6.47. The van der Waals surface area contributed by atoms with E-state index < -0.39 is 0 Å². The number of hydrogen-bond donors (Lipinski definition) is 1. The fourth-order valence-corrected chi connectivity index (χ4v) is 5.35.